The number of carboxylic acids is 1. The molecule has 0 aliphatic heterocycles. The van der Waals surface area contributed by atoms with Crippen molar-refractivity contribution in [2.45, 2.75) is 43.6 Å². The van der Waals surface area contributed by atoms with Crippen molar-refractivity contribution in [1.82, 2.24) is 9.88 Å². The van der Waals surface area contributed by atoms with Crippen molar-refractivity contribution in [1.29, 1.82) is 0 Å². The maximum atomic E-state index is 11.6. The van der Waals surface area contributed by atoms with E-state index in [2.05, 4.69) is 54.3 Å². The summed E-state index contributed by atoms with van der Waals surface area (Å²) in [5.74, 6) is -0.209. The van der Waals surface area contributed by atoms with Gasteiger partial charge in [-0.05, 0) is 62.9 Å². The van der Waals surface area contributed by atoms with Crippen molar-refractivity contribution in [3.05, 3.63) is 71.4 Å². The fourth-order valence-corrected chi connectivity index (χ4v) is 5.01. The third kappa shape index (κ3) is 3.22. The third-order valence-corrected chi connectivity index (χ3v) is 6.55. The van der Waals surface area contributed by atoms with Gasteiger partial charge in [0, 0.05) is 16.6 Å². The highest BCUT2D eigenvalue weighted by molar-refractivity contribution is 5.88. The molecular formula is C24H28N2O2. The lowest BCUT2D eigenvalue weighted by molar-refractivity contribution is -0.136. The van der Waals surface area contributed by atoms with E-state index in [0.717, 1.165) is 47.8 Å². The topological polar surface area (TPSA) is 56.3 Å². The number of aliphatic carboxylic acids is 1. The monoisotopic (exact) mass is 376 g/mol. The Morgan fingerprint density at radius 2 is 1.71 bits per heavy atom. The van der Waals surface area contributed by atoms with E-state index in [1.165, 1.54) is 5.56 Å². The molecule has 0 saturated heterocycles. The Morgan fingerprint density at radius 1 is 1.07 bits per heavy atom. The molecule has 0 amide bonds. The molecule has 2 aromatic carbocycles. The van der Waals surface area contributed by atoms with Gasteiger partial charge in [0.2, 0.25) is 0 Å². The number of hydrogen-bond donors (Lipinski definition) is 2. The molecule has 0 bridgehead atoms. The molecule has 1 fully saturated rings. The second-order valence-electron chi connectivity index (χ2n) is 8.21. The summed E-state index contributed by atoms with van der Waals surface area (Å²) in [6, 6.07) is 18.8. The average molecular weight is 377 g/mol. The largest absolute Gasteiger partial charge is 0.481 e. The number of nitrogens with one attached hydrogen (secondary N) is 1. The smallest absolute Gasteiger partial charge is 0.307 e. The first-order valence-electron chi connectivity index (χ1n) is 10.1. The summed E-state index contributed by atoms with van der Waals surface area (Å²) < 4.78 is 0. The second kappa shape index (κ2) is 7.44. The predicted octanol–water partition coefficient (Wildman–Crippen LogP) is 4.91. The second-order valence-corrected chi connectivity index (χ2v) is 8.21. The predicted molar refractivity (Wildman–Crippen MR) is 113 cm³/mol. The highest BCUT2D eigenvalue weighted by atomic mass is 16.4. The van der Waals surface area contributed by atoms with Crippen LogP contribution in [0.1, 0.15) is 48.4 Å². The summed E-state index contributed by atoms with van der Waals surface area (Å²) in [7, 11) is 4.25. The molecule has 0 spiro atoms. The number of carbonyl (C=O) groups is 1. The number of rotatable bonds is 5. The maximum absolute atomic E-state index is 11.6. The van der Waals surface area contributed by atoms with Crippen LogP contribution >= 0.6 is 0 Å². The molecule has 1 aromatic heterocycles. The van der Waals surface area contributed by atoms with Gasteiger partial charge in [-0.2, -0.15) is 0 Å². The van der Waals surface area contributed by atoms with E-state index in [0.29, 0.717) is 5.92 Å². The lowest BCUT2D eigenvalue weighted by Crippen LogP contribution is -2.45. The number of nitrogens with zero attached hydrogens (tertiary/aromatic N) is 1. The number of aromatic nitrogens is 1. The molecular weight excluding hydrogens is 348 g/mol. The van der Waals surface area contributed by atoms with Gasteiger partial charge in [-0.15, -0.1) is 0 Å². The molecule has 1 heterocycles. The lowest BCUT2D eigenvalue weighted by atomic mass is 9.71. The van der Waals surface area contributed by atoms with Gasteiger partial charge < -0.3 is 10.1 Å². The molecule has 1 aliphatic rings. The molecule has 1 aliphatic carbocycles. The van der Waals surface area contributed by atoms with Gasteiger partial charge in [0.25, 0.3) is 0 Å². The first-order chi connectivity index (χ1) is 13.5. The number of hydrogen-bond acceptors (Lipinski definition) is 2. The SMILES string of the molecule is CN(C)C1(c2[nH]c3ccccc3c2CC(=O)O)CCC(c2ccccc2)CC1. The van der Waals surface area contributed by atoms with Gasteiger partial charge in [-0.3, -0.25) is 9.69 Å². The molecule has 1 saturated carbocycles. The molecule has 28 heavy (non-hydrogen) atoms. The number of fused-ring (bicyclic) bond motifs is 1. The first-order valence-corrected chi connectivity index (χ1v) is 10.1. The highest BCUT2D eigenvalue weighted by Gasteiger charge is 2.42. The molecule has 0 unspecified atom stereocenters. The van der Waals surface area contributed by atoms with E-state index < -0.39 is 5.97 Å². The molecule has 146 valence electrons. The minimum absolute atomic E-state index is 0.0526. The zero-order valence-corrected chi connectivity index (χ0v) is 16.6. The molecule has 0 atom stereocenters. The summed E-state index contributed by atoms with van der Waals surface area (Å²) in [4.78, 5) is 17.5. The van der Waals surface area contributed by atoms with Crippen LogP contribution in [-0.2, 0) is 16.8 Å². The Labute approximate surface area is 166 Å². The fraction of sp³-hybridized carbons (Fsp3) is 0.375. The quantitative estimate of drug-likeness (QED) is 0.665. The van der Waals surface area contributed by atoms with Crippen molar-refractivity contribution in [2.24, 2.45) is 0 Å². The molecule has 4 rings (SSSR count). The van der Waals surface area contributed by atoms with E-state index in [1.54, 1.807) is 0 Å². The van der Waals surface area contributed by atoms with E-state index >= 15 is 0 Å². The van der Waals surface area contributed by atoms with Crippen LogP contribution in [-0.4, -0.2) is 35.1 Å². The Hall–Kier alpha value is -2.59. The van der Waals surface area contributed by atoms with Crippen molar-refractivity contribution in [2.75, 3.05) is 14.1 Å². The Kier molecular flexibility index (Phi) is 4.98. The fourth-order valence-electron chi connectivity index (χ4n) is 5.01. The number of H-pyrrole nitrogens is 1. The van der Waals surface area contributed by atoms with Crippen molar-refractivity contribution >= 4 is 16.9 Å². The number of aromatic amines is 1. The molecule has 0 radical (unpaired) electrons. The molecule has 2 N–H and O–H groups in total. The first kappa shape index (κ1) is 18.8. The normalized spacial score (nSPS) is 22.6. The van der Waals surface area contributed by atoms with Crippen LogP contribution in [0.5, 0.6) is 0 Å². The summed E-state index contributed by atoms with van der Waals surface area (Å²) in [6.45, 7) is 0. The molecule has 4 nitrogen and oxygen atoms in total. The van der Waals surface area contributed by atoms with E-state index in [9.17, 15) is 9.90 Å². The van der Waals surface area contributed by atoms with Crippen LogP contribution in [0.3, 0.4) is 0 Å². The summed E-state index contributed by atoms with van der Waals surface area (Å²) >= 11 is 0. The van der Waals surface area contributed by atoms with E-state index in [-0.39, 0.29) is 12.0 Å². The molecule has 3 aromatic rings. The highest BCUT2D eigenvalue weighted by Crippen LogP contribution is 2.47. The summed E-state index contributed by atoms with van der Waals surface area (Å²) in [6.07, 6.45) is 4.28. The maximum Gasteiger partial charge on any atom is 0.307 e. The standard InChI is InChI=1S/C24H28N2O2/c1-26(2)24(14-12-18(13-15-24)17-8-4-3-5-9-17)23-20(16-22(27)28)19-10-6-7-11-21(19)25-23/h3-11,18,25H,12-16H2,1-2H3,(H,27,28). The Bertz CT molecular complexity index is 967. The van der Waals surface area contributed by atoms with Crippen LogP contribution in [0.15, 0.2) is 54.6 Å². The summed E-state index contributed by atoms with van der Waals surface area (Å²) in [5.41, 5.74) is 4.31. The third-order valence-electron chi connectivity index (χ3n) is 6.55. The zero-order valence-electron chi connectivity index (χ0n) is 16.6. The van der Waals surface area contributed by atoms with Crippen molar-refractivity contribution in [3.8, 4) is 0 Å². The lowest BCUT2D eigenvalue weighted by Gasteiger charge is -2.45. The number of carboxylic acid groups (broad SMARTS) is 1. The van der Waals surface area contributed by atoms with Gasteiger partial charge in [-0.1, -0.05) is 48.5 Å². The van der Waals surface area contributed by atoms with Gasteiger partial charge in [0.15, 0.2) is 0 Å². The van der Waals surface area contributed by atoms with Gasteiger partial charge in [0.1, 0.15) is 0 Å². The molecule has 4 heteroatoms. The average Bonchev–Trinajstić information content (AvgIpc) is 3.07. The van der Waals surface area contributed by atoms with Gasteiger partial charge >= 0.3 is 5.97 Å². The number of benzene rings is 2. The van der Waals surface area contributed by atoms with Crippen molar-refractivity contribution < 1.29 is 9.90 Å². The van der Waals surface area contributed by atoms with Crippen molar-refractivity contribution in [3.63, 3.8) is 0 Å². The van der Waals surface area contributed by atoms with Crippen LogP contribution in [0.25, 0.3) is 10.9 Å². The van der Waals surface area contributed by atoms with Crippen LogP contribution < -0.4 is 0 Å². The minimum Gasteiger partial charge on any atom is -0.481 e. The van der Waals surface area contributed by atoms with Crippen LogP contribution in [0.2, 0.25) is 0 Å². The Morgan fingerprint density at radius 3 is 2.36 bits per heavy atom. The van der Waals surface area contributed by atoms with E-state index in [1.807, 2.05) is 24.3 Å². The van der Waals surface area contributed by atoms with Crippen LogP contribution in [0, 0.1) is 0 Å². The zero-order chi connectivity index (χ0) is 19.7. The minimum atomic E-state index is -0.780. The summed E-state index contributed by atoms with van der Waals surface area (Å²) in [5, 5.41) is 10.6. The van der Waals surface area contributed by atoms with E-state index in [4.69, 9.17) is 0 Å². The Balaban J connectivity index is 1.74. The number of para-hydroxylation sites is 1. The van der Waals surface area contributed by atoms with Gasteiger partial charge in [-0.25, -0.2) is 0 Å². The van der Waals surface area contributed by atoms with Gasteiger partial charge in [0.05, 0.1) is 12.0 Å². The van der Waals surface area contributed by atoms with Crippen LogP contribution in [0.4, 0.5) is 0 Å².